The van der Waals surface area contributed by atoms with Gasteiger partial charge in [0.2, 0.25) is 5.56 Å². The van der Waals surface area contributed by atoms with E-state index in [4.69, 9.17) is 16.2 Å². The Balaban J connectivity index is 1.36. The maximum absolute atomic E-state index is 14.1. The predicted octanol–water partition coefficient (Wildman–Crippen LogP) is 2.46. The zero-order valence-corrected chi connectivity index (χ0v) is 26.8. The number of nitrogens with two attached hydrogens (primary N) is 2. The van der Waals surface area contributed by atoms with Gasteiger partial charge in [-0.2, -0.15) is 0 Å². The number of likely N-dealkylation sites (N-methyl/N-ethyl adjacent to an activating group) is 1. The van der Waals surface area contributed by atoms with Gasteiger partial charge in [0, 0.05) is 75.1 Å². The molecule has 12 heteroatoms. The fourth-order valence-corrected chi connectivity index (χ4v) is 6.28. The third kappa shape index (κ3) is 7.72. The number of ether oxygens (including phenoxy) is 1. The van der Waals surface area contributed by atoms with Gasteiger partial charge >= 0.3 is 5.91 Å². The Morgan fingerprint density at radius 2 is 1.71 bits per heavy atom. The van der Waals surface area contributed by atoms with Gasteiger partial charge in [-0.15, -0.1) is 0 Å². The topological polar surface area (TPSA) is 144 Å². The summed E-state index contributed by atoms with van der Waals surface area (Å²) < 4.78 is 33.8. The zero-order chi connectivity index (χ0) is 33.8. The van der Waals surface area contributed by atoms with Crippen LogP contribution in [0.3, 0.4) is 0 Å². The SMILES string of the molecule is CN1CCN(c2ccc(C(=O)[NH+]=C(N)c3cc(Cc4cc(F)cc(F)c4)c(-c4cc[nH]c(=O)c4)cc3N)c(NC3CCOCC3)c2)CC1. The van der Waals surface area contributed by atoms with Crippen LogP contribution >= 0.6 is 0 Å². The Labute approximate surface area is 277 Å². The molecule has 0 bridgehead atoms. The highest BCUT2D eigenvalue weighted by Crippen LogP contribution is 2.30. The van der Waals surface area contributed by atoms with Crippen LogP contribution in [0.15, 0.2) is 71.7 Å². The van der Waals surface area contributed by atoms with E-state index in [1.165, 1.54) is 24.4 Å². The number of benzene rings is 3. The van der Waals surface area contributed by atoms with Crippen molar-refractivity contribution in [3.8, 4) is 11.1 Å². The lowest BCUT2D eigenvalue weighted by molar-refractivity contribution is -0.345. The number of pyridine rings is 1. The molecule has 250 valence electrons. The Morgan fingerprint density at radius 3 is 2.42 bits per heavy atom. The first-order valence-corrected chi connectivity index (χ1v) is 16.1. The molecule has 3 aromatic carbocycles. The van der Waals surface area contributed by atoms with E-state index >= 15 is 0 Å². The first-order valence-electron chi connectivity index (χ1n) is 16.1. The Bertz CT molecular complexity index is 1880. The van der Waals surface area contributed by atoms with Gasteiger partial charge in [0.1, 0.15) is 11.6 Å². The van der Waals surface area contributed by atoms with Crippen molar-refractivity contribution in [2.24, 2.45) is 5.73 Å². The predicted molar refractivity (Wildman–Crippen MR) is 183 cm³/mol. The number of nitrogen functional groups attached to an aromatic ring is 2. The molecule has 6 rings (SSSR count). The fraction of sp³-hybridized carbons (Fsp3) is 0.306. The number of anilines is 3. The molecule has 0 unspecified atom stereocenters. The van der Waals surface area contributed by atoms with Crippen LogP contribution in [-0.4, -0.2) is 74.1 Å². The second-order valence-corrected chi connectivity index (χ2v) is 12.4. The van der Waals surface area contributed by atoms with Crippen LogP contribution in [0.1, 0.15) is 39.9 Å². The molecule has 0 atom stereocenters. The summed E-state index contributed by atoms with van der Waals surface area (Å²) in [7, 11) is 2.11. The summed E-state index contributed by atoms with van der Waals surface area (Å²) in [5.74, 6) is -1.82. The van der Waals surface area contributed by atoms with Gasteiger partial charge in [-0.25, -0.2) is 18.6 Å². The molecule has 3 heterocycles. The smallest absolute Gasteiger partial charge is 0.341 e. The van der Waals surface area contributed by atoms with Crippen molar-refractivity contribution in [3.63, 3.8) is 0 Å². The van der Waals surface area contributed by atoms with Crippen LogP contribution in [0.25, 0.3) is 11.1 Å². The van der Waals surface area contributed by atoms with Crippen LogP contribution in [0, 0.1) is 11.6 Å². The first-order chi connectivity index (χ1) is 23.1. The van der Waals surface area contributed by atoms with Crippen LogP contribution in [0.5, 0.6) is 0 Å². The molecule has 0 radical (unpaired) electrons. The number of nitrogens with zero attached hydrogens (tertiary/aromatic N) is 2. The number of carbonyl (C=O) groups is 1. The second kappa shape index (κ2) is 14.4. The van der Waals surface area contributed by atoms with Gasteiger partial charge in [0.25, 0.3) is 5.84 Å². The van der Waals surface area contributed by atoms with Gasteiger partial charge in [-0.3, -0.25) is 10.5 Å². The molecule has 1 amide bonds. The van der Waals surface area contributed by atoms with E-state index in [1.54, 1.807) is 24.3 Å². The highest BCUT2D eigenvalue weighted by atomic mass is 19.1. The van der Waals surface area contributed by atoms with Crippen molar-refractivity contribution in [1.82, 2.24) is 9.88 Å². The maximum Gasteiger partial charge on any atom is 0.341 e. The maximum atomic E-state index is 14.1. The number of piperazine rings is 1. The van der Waals surface area contributed by atoms with Gasteiger partial charge in [0.15, 0.2) is 0 Å². The first kappa shape index (κ1) is 32.9. The summed E-state index contributed by atoms with van der Waals surface area (Å²) in [4.78, 5) is 36.0. The number of halogens is 2. The number of hydrogen-bond donors (Lipinski definition) is 5. The van der Waals surface area contributed by atoms with E-state index in [9.17, 15) is 18.4 Å². The lowest BCUT2D eigenvalue weighted by atomic mass is 9.92. The van der Waals surface area contributed by atoms with Crippen LogP contribution in [0.4, 0.5) is 25.8 Å². The number of aromatic amines is 1. The molecule has 2 saturated heterocycles. The summed E-state index contributed by atoms with van der Waals surface area (Å²) in [5, 5.41) is 3.58. The standard InChI is InChI=1S/C36H39F2N7O3/c1-44-8-10-45(11-9-44)28-2-3-29(33(20-28)42-27-5-12-48-13-6-27)36(47)43-35(40)31-17-24(14-22-15-25(37)19-26(38)16-22)30(21-32(31)39)23-4-7-41-34(46)18-23/h2-4,7,15-21,27,42H,5-6,8-14,39H2,1H3,(H,41,46)(H2,40,43,47)/p+1. The number of carbonyl (C=O) groups excluding carboxylic acids is 1. The van der Waals surface area contributed by atoms with E-state index in [1.807, 2.05) is 12.1 Å². The molecule has 7 N–H and O–H groups in total. The van der Waals surface area contributed by atoms with Gasteiger partial charge in [-0.05, 0) is 97.1 Å². The minimum Gasteiger partial charge on any atom is -0.398 e. The van der Waals surface area contributed by atoms with Crippen molar-refractivity contribution in [3.05, 3.63) is 111 Å². The molecule has 0 spiro atoms. The number of aromatic nitrogens is 1. The molecule has 48 heavy (non-hydrogen) atoms. The molecule has 10 nitrogen and oxygen atoms in total. The van der Waals surface area contributed by atoms with Crippen LogP contribution in [0.2, 0.25) is 0 Å². The fourth-order valence-electron chi connectivity index (χ4n) is 6.28. The van der Waals surface area contributed by atoms with Gasteiger partial charge < -0.3 is 30.6 Å². The number of H-pyrrole nitrogens is 1. The minimum absolute atomic E-state index is 0.0155. The van der Waals surface area contributed by atoms with Crippen LogP contribution < -0.4 is 32.2 Å². The monoisotopic (exact) mass is 656 g/mol. The summed E-state index contributed by atoms with van der Waals surface area (Å²) >= 11 is 0. The number of nitrogens with one attached hydrogen (secondary N) is 3. The van der Waals surface area contributed by atoms with E-state index in [2.05, 4.69) is 32.1 Å². The summed E-state index contributed by atoms with van der Waals surface area (Å²) in [6, 6.07) is 15.7. The quantitative estimate of drug-likeness (QED) is 0.111. The Hall–Kier alpha value is -5.07. The number of hydrogen-bond acceptors (Lipinski definition) is 7. The molecule has 2 aliphatic rings. The minimum atomic E-state index is -0.708. The third-order valence-corrected chi connectivity index (χ3v) is 8.91. The average Bonchev–Trinajstić information content (AvgIpc) is 3.05. The molecule has 1 aromatic heterocycles. The number of rotatable bonds is 8. The second-order valence-electron chi connectivity index (χ2n) is 12.4. The molecule has 2 aliphatic heterocycles. The van der Waals surface area contributed by atoms with E-state index < -0.39 is 17.5 Å². The Kier molecular flexibility index (Phi) is 9.83. The highest BCUT2D eigenvalue weighted by Gasteiger charge is 2.24. The summed E-state index contributed by atoms with van der Waals surface area (Å²) in [6.07, 6.45) is 3.26. The molecule has 0 aliphatic carbocycles. The lowest BCUT2D eigenvalue weighted by Gasteiger charge is -2.34. The molecule has 4 aromatic rings. The number of amides is 1. The molecule has 0 saturated carbocycles. The highest BCUT2D eigenvalue weighted by molar-refractivity contribution is 6.04. The van der Waals surface area contributed by atoms with Crippen molar-refractivity contribution in [2.45, 2.75) is 25.3 Å². The van der Waals surface area contributed by atoms with E-state index in [0.29, 0.717) is 52.3 Å². The van der Waals surface area contributed by atoms with Crippen molar-refractivity contribution in [2.75, 3.05) is 62.4 Å². The zero-order valence-electron chi connectivity index (χ0n) is 26.8. The molecule has 2 fully saturated rings. The summed E-state index contributed by atoms with van der Waals surface area (Å²) in [6.45, 7) is 4.97. The number of amidine groups is 1. The molecular weight excluding hydrogens is 616 g/mol. The largest absolute Gasteiger partial charge is 0.398 e. The molecular formula is C36H40F2N7O3+. The lowest BCUT2D eigenvalue weighted by Crippen LogP contribution is -2.79. The Morgan fingerprint density at radius 1 is 0.979 bits per heavy atom. The van der Waals surface area contributed by atoms with Gasteiger partial charge in [-0.1, -0.05) is 0 Å². The normalized spacial score (nSPS) is 16.2. The summed E-state index contributed by atoms with van der Waals surface area (Å²) in [5.41, 5.74) is 17.6. The van der Waals surface area contributed by atoms with Crippen LogP contribution in [-0.2, 0) is 11.2 Å². The van der Waals surface area contributed by atoms with Crippen molar-refractivity contribution < 1.29 is 23.3 Å². The van der Waals surface area contributed by atoms with Crippen molar-refractivity contribution >= 4 is 28.8 Å². The average molecular weight is 657 g/mol. The third-order valence-electron chi connectivity index (χ3n) is 8.91. The van der Waals surface area contributed by atoms with Crippen molar-refractivity contribution in [1.29, 1.82) is 0 Å². The van der Waals surface area contributed by atoms with Gasteiger partial charge in [0.05, 0.1) is 16.8 Å². The van der Waals surface area contributed by atoms with E-state index in [0.717, 1.165) is 50.8 Å². The van der Waals surface area contributed by atoms with E-state index in [-0.39, 0.29) is 29.5 Å².